The lowest BCUT2D eigenvalue weighted by Crippen LogP contribution is -1.98. The Kier molecular flexibility index (Phi) is 4.44. The number of hydrogen-bond acceptors (Lipinski definition) is 3. The molecule has 0 bridgehead atoms. The van der Waals surface area contributed by atoms with Crippen molar-refractivity contribution in [2.45, 2.75) is 0 Å². The average Bonchev–Trinajstić information content (AvgIpc) is 3.16. The molecular formula is C24H16F2N4. The van der Waals surface area contributed by atoms with Gasteiger partial charge in [0.1, 0.15) is 23.8 Å². The van der Waals surface area contributed by atoms with E-state index in [-0.39, 0.29) is 11.6 Å². The zero-order valence-electron chi connectivity index (χ0n) is 15.8. The van der Waals surface area contributed by atoms with Crippen LogP contribution in [0.3, 0.4) is 0 Å². The first-order valence-corrected chi connectivity index (χ1v) is 9.39. The Morgan fingerprint density at radius 1 is 0.767 bits per heavy atom. The Morgan fingerprint density at radius 3 is 2.33 bits per heavy atom. The summed E-state index contributed by atoms with van der Waals surface area (Å²) in [5, 5.41) is 4.00. The van der Waals surface area contributed by atoms with Crippen LogP contribution < -0.4 is 5.32 Å². The van der Waals surface area contributed by atoms with E-state index < -0.39 is 0 Å². The number of halogens is 2. The molecule has 0 saturated carbocycles. The van der Waals surface area contributed by atoms with Gasteiger partial charge in [0.15, 0.2) is 5.65 Å². The molecule has 0 unspecified atom stereocenters. The van der Waals surface area contributed by atoms with E-state index in [1.807, 2.05) is 41.1 Å². The molecule has 146 valence electrons. The van der Waals surface area contributed by atoms with Crippen molar-refractivity contribution in [3.63, 3.8) is 0 Å². The Balaban J connectivity index is 1.74. The third-order valence-corrected chi connectivity index (χ3v) is 4.86. The average molecular weight is 398 g/mol. The molecule has 0 spiro atoms. The van der Waals surface area contributed by atoms with Gasteiger partial charge in [0, 0.05) is 23.1 Å². The Bertz CT molecular complexity index is 1330. The van der Waals surface area contributed by atoms with Gasteiger partial charge in [-0.1, -0.05) is 36.4 Å². The smallest absolute Gasteiger partial charge is 0.150 e. The molecule has 2 heterocycles. The van der Waals surface area contributed by atoms with Crippen LogP contribution in [-0.4, -0.2) is 14.5 Å². The highest BCUT2D eigenvalue weighted by molar-refractivity contribution is 6.02. The van der Waals surface area contributed by atoms with E-state index >= 15 is 0 Å². The standard InChI is InChI=1S/C24H16F2N4/c25-17-9-11-20(12-10-17)30-14-21(16-5-2-1-3-6-16)22-23(27-15-28-24(22)30)29-19-8-4-7-18(26)13-19/h1-15H,(H,27,28,29). The summed E-state index contributed by atoms with van der Waals surface area (Å²) in [4.78, 5) is 8.91. The van der Waals surface area contributed by atoms with E-state index in [9.17, 15) is 8.78 Å². The zero-order chi connectivity index (χ0) is 20.5. The summed E-state index contributed by atoms with van der Waals surface area (Å²) in [6.45, 7) is 0. The topological polar surface area (TPSA) is 42.7 Å². The van der Waals surface area contributed by atoms with Crippen molar-refractivity contribution in [1.82, 2.24) is 14.5 Å². The number of aromatic nitrogens is 3. The molecule has 0 aliphatic carbocycles. The van der Waals surface area contributed by atoms with Gasteiger partial charge in [-0.3, -0.25) is 0 Å². The van der Waals surface area contributed by atoms with E-state index in [2.05, 4.69) is 15.3 Å². The summed E-state index contributed by atoms with van der Waals surface area (Å²) in [5.41, 5.74) is 3.92. The summed E-state index contributed by atoms with van der Waals surface area (Å²) >= 11 is 0. The lowest BCUT2D eigenvalue weighted by atomic mass is 10.1. The second-order valence-corrected chi connectivity index (χ2v) is 6.81. The molecule has 4 nitrogen and oxygen atoms in total. The fourth-order valence-corrected chi connectivity index (χ4v) is 3.49. The van der Waals surface area contributed by atoms with Gasteiger partial charge in [0.05, 0.1) is 5.39 Å². The van der Waals surface area contributed by atoms with Gasteiger partial charge >= 0.3 is 0 Å². The summed E-state index contributed by atoms with van der Waals surface area (Å²) < 4.78 is 29.0. The predicted octanol–water partition coefficient (Wildman–Crippen LogP) is 6.11. The van der Waals surface area contributed by atoms with Gasteiger partial charge in [-0.2, -0.15) is 0 Å². The van der Waals surface area contributed by atoms with Gasteiger partial charge < -0.3 is 9.88 Å². The van der Waals surface area contributed by atoms with E-state index in [0.29, 0.717) is 17.2 Å². The Labute approximate surface area is 171 Å². The Hall–Kier alpha value is -4.06. The number of hydrogen-bond donors (Lipinski definition) is 1. The molecule has 0 atom stereocenters. The zero-order valence-corrected chi connectivity index (χ0v) is 15.8. The molecule has 1 N–H and O–H groups in total. The lowest BCUT2D eigenvalue weighted by Gasteiger charge is -2.09. The summed E-state index contributed by atoms with van der Waals surface area (Å²) in [5.74, 6) is -0.0793. The molecule has 0 fully saturated rings. The van der Waals surface area contributed by atoms with E-state index in [1.165, 1.54) is 30.6 Å². The van der Waals surface area contributed by atoms with Crippen molar-refractivity contribution in [2.24, 2.45) is 0 Å². The maximum Gasteiger partial charge on any atom is 0.150 e. The highest BCUT2D eigenvalue weighted by atomic mass is 19.1. The second-order valence-electron chi connectivity index (χ2n) is 6.81. The molecule has 3 aromatic carbocycles. The monoisotopic (exact) mass is 398 g/mol. The number of benzene rings is 3. The molecule has 30 heavy (non-hydrogen) atoms. The summed E-state index contributed by atoms with van der Waals surface area (Å²) in [6, 6.07) is 22.3. The molecular weight excluding hydrogens is 382 g/mol. The van der Waals surface area contributed by atoms with Gasteiger partial charge in [-0.05, 0) is 48.0 Å². The minimum Gasteiger partial charge on any atom is -0.339 e. The van der Waals surface area contributed by atoms with E-state index in [1.54, 1.807) is 24.3 Å². The van der Waals surface area contributed by atoms with Gasteiger partial charge in [-0.25, -0.2) is 18.7 Å². The third-order valence-electron chi connectivity index (χ3n) is 4.86. The van der Waals surface area contributed by atoms with Crippen LogP contribution in [0.5, 0.6) is 0 Å². The summed E-state index contributed by atoms with van der Waals surface area (Å²) in [7, 11) is 0. The van der Waals surface area contributed by atoms with Crippen molar-refractivity contribution in [2.75, 3.05) is 5.32 Å². The number of fused-ring (bicyclic) bond motifs is 1. The Morgan fingerprint density at radius 2 is 1.57 bits per heavy atom. The SMILES string of the molecule is Fc1ccc(-n2cc(-c3ccccc3)c3c(Nc4cccc(F)c4)ncnc32)cc1. The van der Waals surface area contributed by atoms with Crippen LogP contribution in [0.4, 0.5) is 20.3 Å². The van der Waals surface area contributed by atoms with Gasteiger partial charge in [0.2, 0.25) is 0 Å². The molecule has 0 saturated heterocycles. The quantitative estimate of drug-likeness (QED) is 0.397. The largest absolute Gasteiger partial charge is 0.339 e. The molecule has 5 aromatic rings. The predicted molar refractivity (Wildman–Crippen MR) is 114 cm³/mol. The van der Waals surface area contributed by atoms with Crippen LogP contribution in [0.2, 0.25) is 0 Å². The summed E-state index contributed by atoms with van der Waals surface area (Å²) in [6.07, 6.45) is 3.41. The van der Waals surface area contributed by atoms with Crippen LogP contribution in [0.1, 0.15) is 0 Å². The first-order chi connectivity index (χ1) is 14.7. The van der Waals surface area contributed by atoms with Crippen LogP contribution >= 0.6 is 0 Å². The number of nitrogens with one attached hydrogen (secondary N) is 1. The van der Waals surface area contributed by atoms with Crippen molar-refractivity contribution in [1.29, 1.82) is 0 Å². The normalized spacial score (nSPS) is 11.0. The molecule has 5 rings (SSSR count). The third kappa shape index (κ3) is 3.28. The number of rotatable bonds is 4. The highest BCUT2D eigenvalue weighted by Crippen LogP contribution is 2.36. The minimum atomic E-state index is -0.336. The maximum absolute atomic E-state index is 13.7. The van der Waals surface area contributed by atoms with Crippen molar-refractivity contribution in [3.8, 4) is 16.8 Å². The fourth-order valence-electron chi connectivity index (χ4n) is 3.49. The molecule has 2 aromatic heterocycles. The minimum absolute atomic E-state index is 0.304. The second kappa shape index (κ2) is 7.40. The molecule has 6 heteroatoms. The van der Waals surface area contributed by atoms with Crippen molar-refractivity contribution in [3.05, 3.63) is 103 Å². The number of anilines is 2. The molecule has 0 aliphatic rings. The van der Waals surface area contributed by atoms with Gasteiger partial charge in [-0.15, -0.1) is 0 Å². The lowest BCUT2D eigenvalue weighted by molar-refractivity contribution is 0.627. The molecule has 0 amide bonds. The van der Waals surface area contributed by atoms with Crippen LogP contribution in [0.25, 0.3) is 27.8 Å². The molecule has 0 aliphatic heterocycles. The van der Waals surface area contributed by atoms with Crippen LogP contribution in [-0.2, 0) is 0 Å². The van der Waals surface area contributed by atoms with Crippen molar-refractivity contribution < 1.29 is 8.78 Å². The first kappa shape index (κ1) is 18.0. The van der Waals surface area contributed by atoms with Crippen LogP contribution in [0, 0.1) is 11.6 Å². The first-order valence-electron chi connectivity index (χ1n) is 9.39. The van der Waals surface area contributed by atoms with Crippen LogP contribution in [0.15, 0.2) is 91.4 Å². The van der Waals surface area contributed by atoms with Gasteiger partial charge in [0.25, 0.3) is 0 Å². The van der Waals surface area contributed by atoms with E-state index in [0.717, 1.165) is 22.2 Å². The van der Waals surface area contributed by atoms with E-state index in [4.69, 9.17) is 0 Å². The highest BCUT2D eigenvalue weighted by Gasteiger charge is 2.17. The molecule has 0 radical (unpaired) electrons. The maximum atomic E-state index is 13.7. The number of nitrogens with zero attached hydrogens (tertiary/aromatic N) is 3. The van der Waals surface area contributed by atoms with Crippen molar-refractivity contribution >= 4 is 22.5 Å². The fraction of sp³-hybridized carbons (Fsp3) is 0.